The molecule has 0 unspecified atom stereocenters. The SMILES string of the molecule is Bc1cc(COc2cc3c(cn2)C=CC3)c(F)cc1F. The largest absolute Gasteiger partial charge is 0.473 e. The molecular formula is C15H12BF2NO. The van der Waals surface area contributed by atoms with Crippen LogP contribution >= 0.6 is 0 Å². The van der Waals surface area contributed by atoms with Gasteiger partial charge in [-0.1, -0.05) is 23.7 Å². The molecular weight excluding hydrogens is 259 g/mol. The molecule has 0 saturated carbocycles. The molecule has 100 valence electrons. The van der Waals surface area contributed by atoms with E-state index >= 15 is 0 Å². The van der Waals surface area contributed by atoms with Crippen molar-refractivity contribution in [2.45, 2.75) is 13.0 Å². The van der Waals surface area contributed by atoms with E-state index in [1.807, 2.05) is 12.1 Å². The monoisotopic (exact) mass is 271 g/mol. The fourth-order valence-electron chi connectivity index (χ4n) is 2.18. The lowest BCUT2D eigenvalue weighted by molar-refractivity contribution is 0.287. The zero-order chi connectivity index (χ0) is 14.1. The number of pyridine rings is 1. The van der Waals surface area contributed by atoms with E-state index in [0.29, 0.717) is 16.9 Å². The van der Waals surface area contributed by atoms with Gasteiger partial charge >= 0.3 is 0 Å². The Morgan fingerprint density at radius 1 is 1.20 bits per heavy atom. The van der Waals surface area contributed by atoms with Gasteiger partial charge in [-0.2, -0.15) is 0 Å². The van der Waals surface area contributed by atoms with Gasteiger partial charge in [-0.05, 0) is 17.5 Å². The lowest BCUT2D eigenvalue weighted by Gasteiger charge is -2.09. The van der Waals surface area contributed by atoms with Crippen molar-refractivity contribution >= 4 is 19.4 Å². The van der Waals surface area contributed by atoms with Crippen molar-refractivity contribution < 1.29 is 13.5 Å². The summed E-state index contributed by atoms with van der Waals surface area (Å²) in [6.07, 6.45) is 6.66. The fourth-order valence-corrected chi connectivity index (χ4v) is 2.18. The van der Waals surface area contributed by atoms with Gasteiger partial charge < -0.3 is 4.74 Å². The summed E-state index contributed by atoms with van der Waals surface area (Å²) in [5, 5.41) is 0. The van der Waals surface area contributed by atoms with Gasteiger partial charge in [-0.25, -0.2) is 13.8 Å². The Morgan fingerprint density at radius 3 is 2.90 bits per heavy atom. The van der Waals surface area contributed by atoms with E-state index in [2.05, 4.69) is 11.1 Å². The van der Waals surface area contributed by atoms with Gasteiger partial charge in [0.2, 0.25) is 5.88 Å². The molecule has 3 rings (SSSR count). The number of ether oxygens (including phenoxy) is 1. The number of rotatable bonds is 3. The first-order valence-corrected chi connectivity index (χ1v) is 6.36. The van der Waals surface area contributed by atoms with E-state index in [0.717, 1.165) is 23.6 Å². The standard InChI is InChI=1S/C15H12BF2NO/c16-12-4-11(13(17)6-14(12)18)8-20-15-5-9-2-1-3-10(9)7-19-15/h1,3-7H,2,8,16H2. The van der Waals surface area contributed by atoms with Gasteiger partial charge in [0.15, 0.2) is 0 Å². The molecule has 0 saturated heterocycles. The van der Waals surface area contributed by atoms with Gasteiger partial charge in [-0.3, -0.25) is 0 Å². The van der Waals surface area contributed by atoms with E-state index in [1.165, 1.54) is 6.07 Å². The third-order valence-electron chi connectivity index (χ3n) is 3.34. The van der Waals surface area contributed by atoms with E-state index in [1.54, 1.807) is 14.0 Å². The highest BCUT2D eigenvalue weighted by atomic mass is 19.1. The number of aromatic nitrogens is 1. The predicted octanol–water partition coefficient (Wildman–Crippen LogP) is 1.77. The summed E-state index contributed by atoms with van der Waals surface area (Å²) >= 11 is 0. The normalized spacial score (nSPS) is 12.5. The molecule has 2 aromatic rings. The Labute approximate surface area is 116 Å². The summed E-state index contributed by atoms with van der Waals surface area (Å²) in [5.74, 6) is -0.697. The Hall–Kier alpha value is -2.17. The van der Waals surface area contributed by atoms with Crippen LogP contribution in [0.3, 0.4) is 0 Å². The maximum absolute atomic E-state index is 13.6. The molecule has 1 aromatic heterocycles. The highest BCUT2D eigenvalue weighted by molar-refractivity contribution is 6.32. The number of allylic oxidation sites excluding steroid dienone is 1. The minimum atomic E-state index is -0.601. The number of halogens is 2. The second kappa shape index (κ2) is 5.08. The zero-order valence-electron chi connectivity index (χ0n) is 11.0. The Morgan fingerprint density at radius 2 is 2.05 bits per heavy atom. The van der Waals surface area contributed by atoms with Gasteiger partial charge in [0.05, 0.1) is 0 Å². The lowest BCUT2D eigenvalue weighted by Crippen LogP contribution is -2.12. The van der Waals surface area contributed by atoms with Gasteiger partial charge in [0, 0.05) is 23.9 Å². The molecule has 5 heteroatoms. The molecule has 1 aliphatic carbocycles. The van der Waals surface area contributed by atoms with Crippen molar-refractivity contribution in [2.24, 2.45) is 0 Å². The van der Waals surface area contributed by atoms with Gasteiger partial charge in [0.1, 0.15) is 26.1 Å². The lowest BCUT2D eigenvalue weighted by atomic mass is 9.93. The molecule has 0 aliphatic heterocycles. The van der Waals surface area contributed by atoms with E-state index < -0.39 is 11.6 Å². The van der Waals surface area contributed by atoms with Crippen LogP contribution in [0.4, 0.5) is 8.78 Å². The van der Waals surface area contributed by atoms with Crippen molar-refractivity contribution in [3.63, 3.8) is 0 Å². The second-order valence-electron chi connectivity index (χ2n) is 4.81. The number of nitrogens with zero attached hydrogens (tertiary/aromatic N) is 1. The Balaban J connectivity index is 1.75. The average molecular weight is 271 g/mol. The number of benzene rings is 1. The van der Waals surface area contributed by atoms with Crippen LogP contribution in [0.1, 0.15) is 16.7 Å². The van der Waals surface area contributed by atoms with Crippen LogP contribution in [0.25, 0.3) is 6.08 Å². The highest BCUT2D eigenvalue weighted by Gasteiger charge is 2.10. The first-order valence-electron chi connectivity index (χ1n) is 6.36. The Kier molecular flexibility index (Phi) is 3.26. The minimum Gasteiger partial charge on any atom is -0.473 e. The predicted molar refractivity (Wildman–Crippen MR) is 75.8 cm³/mol. The molecule has 0 bridgehead atoms. The third kappa shape index (κ3) is 2.43. The molecule has 1 aromatic carbocycles. The average Bonchev–Trinajstić information content (AvgIpc) is 2.89. The molecule has 2 nitrogen and oxygen atoms in total. The van der Waals surface area contributed by atoms with E-state index in [-0.39, 0.29) is 6.61 Å². The van der Waals surface area contributed by atoms with Crippen molar-refractivity contribution in [2.75, 3.05) is 0 Å². The van der Waals surface area contributed by atoms with Crippen molar-refractivity contribution in [1.82, 2.24) is 4.98 Å². The van der Waals surface area contributed by atoms with E-state index in [4.69, 9.17) is 4.74 Å². The quantitative estimate of drug-likeness (QED) is 0.794. The van der Waals surface area contributed by atoms with Crippen molar-refractivity contribution in [1.29, 1.82) is 0 Å². The van der Waals surface area contributed by atoms with Gasteiger partial charge in [-0.15, -0.1) is 0 Å². The summed E-state index contributed by atoms with van der Waals surface area (Å²) < 4.78 is 32.3. The minimum absolute atomic E-state index is 0.0339. The fraction of sp³-hybridized carbons (Fsp3) is 0.133. The van der Waals surface area contributed by atoms with Crippen LogP contribution < -0.4 is 10.2 Å². The Bertz CT molecular complexity index is 701. The number of fused-ring (bicyclic) bond motifs is 1. The smallest absolute Gasteiger partial charge is 0.213 e. The van der Waals surface area contributed by atoms with Crippen LogP contribution in [0.5, 0.6) is 5.88 Å². The molecule has 0 atom stereocenters. The molecule has 0 amide bonds. The highest BCUT2D eigenvalue weighted by Crippen LogP contribution is 2.22. The topological polar surface area (TPSA) is 22.1 Å². The summed E-state index contributed by atoms with van der Waals surface area (Å²) in [7, 11) is 1.59. The first-order chi connectivity index (χ1) is 9.63. The molecule has 0 fully saturated rings. The summed E-state index contributed by atoms with van der Waals surface area (Å²) in [5.41, 5.74) is 2.95. The molecule has 0 radical (unpaired) electrons. The van der Waals surface area contributed by atoms with Crippen LogP contribution in [0, 0.1) is 11.6 Å². The van der Waals surface area contributed by atoms with E-state index in [9.17, 15) is 8.78 Å². The summed E-state index contributed by atoms with van der Waals surface area (Å²) in [6, 6.07) is 4.19. The van der Waals surface area contributed by atoms with Crippen LogP contribution in [-0.4, -0.2) is 12.8 Å². The van der Waals surface area contributed by atoms with Crippen LogP contribution in [-0.2, 0) is 13.0 Å². The maximum atomic E-state index is 13.6. The van der Waals surface area contributed by atoms with Crippen LogP contribution in [0.2, 0.25) is 0 Å². The number of hydrogen-bond donors (Lipinski definition) is 0. The summed E-state index contributed by atoms with van der Waals surface area (Å²) in [6.45, 7) is 0.0339. The van der Waals surface area contributed by atoms with Crippen molar-refractivity contribution in [3.05, 3.63) is 58.8 Å². The maximum Gasteiger partial charge on any atom is 0.213 e. The molecule has 1 aliphatic rings. The van der Waals surface area contributed by atoms with Gasteiger partial charge in [0.25, 0.3) is 0 Å². The molecule has 0 N–H and O–H groups in total. The van der Waals surface area contributed by atoms with Crippen LogP contribution in [0.15, 0.2) is 30.5 Å². The molecule has 20 heavy (non-hydrogen) atoms. The number of hydrogen-bond acceptors (Lipinski definition) is 2. The third-order valence-corrected chi connectivity index (χ3v) is 3.34. The zero-order valence-corrected chi connectivity index (χ0v) is 11.0. The summed E-state index contributed by atoms with van der Waals surface area (Å²) in [4.78, 5) is 4.17. The molecule has 1 heterocycles. The molecule has 0 spiro atoms. The van der Waals surface area contributed by atoms with Crippen molar-refractivity contribution in [3.8, 4) is 5.88 Å². The first kappa shape index (κ1) is 12.8. The second-order valence-corrected chi connectivity index (χ2v) is 4.81.